The molecule has 0 fully saturated rings. The van der Waals surface area contributed by atoms with Gasteiger partial charge in [-0.25, -0.2) is 0 Å². The molecule has 0 nitrogen and oxygen atoms in total. The van der Waals surface area contributed by atoms with Gasteiger partial charge in [0.1, 0.15) is 0 Å². The minimum atomic E-state index is 1.30. The Balaban J connectivity index is 0.000000151. The van der Waals surface area contributed by atoms with Crippen LogP contribution in [0.5, 0.6) is 0 Å². The smallest absolute Gasteiger partial charge is 0.0447 e. The van der Waals surface area contributed by atoms with Gasteiger partial charge in [0.2, 0.25) is 0 Å². The van der Waals surface area contributed by atoms with E-state index >= 15 is 0 Å². The molecule has 3 aliphatic rings. The summed E-state index contributed by atoms with van der Waals surface area (Å²) in [5.41, 5.74) is 32.8. The molecule has 33 rings (SSSR count). The third kappa shape index (κ3) is 8.74. The minimum Gasteiger partial charge on any atom is -0.134 e. The Kier molecular flexibility index (Phi) is 13.6. The van der Waals surface area contributed by atoms with E-state index in [0.717, 1.165) is 0 Å². The van der Waals surface area contributed by atoms with E-state index < -0.39 is 0 Å². The lowest BCUT2D eigenvalue weighted by molar-refractivity contribution is 1.51. The van der Waals surface area contributed by atoms with Gasteiger partial charge in [0.05, 0.1) is 0 Å². The second kappa shape index (κ2) is 24.8. The molecule has 3 aromatic heterocycles. The molecule has 616 valence electrons. The van der Waals surface area contributed by atoms with Crippen LogP contribution in [-0.4, -0.2) is 0 Å². The van der Waals surface area contributed by atoms with E-state index in [-0.39, 0.29) is 0 Å². The second-order valence-corrected chi connectivity index (χ2v) is 42.7. The van der Waals surface area contributed by atoms with Gasteiger partial charge >= 0.3 is 0 Å². The maximum Gasteiger partial charge on any atom is 0.0447 e. The van der Waals surface area contributed by atoms with E-state index in [1.165, 1.54) is 388 Å². The number of hydrogen-bond acceptors (Lipinski definition) is 3. The molecule has 0 amide bonds. The first kappa shape index (κ1) is 72.8. The zero-order chi connectivity index (χ0) is 87.6. The molecule has 0 radical (unpaired) electrons. The second-order valence-electron chi connectivity index (χ2n) is 39.6. The summed E-state index contributed by atoms with van der Waals surface area (Å²) in [5, 5.41) is 57.4. The lowest BCUT2D eigenvalue weighted by Crippen LogP contribution is -1.94. The van der Waals surface area contributed by atoms with Gasteiger partial charge in [0.15, 0.2) is 0 Å². The van der Waals surface area contributed by atoms with Crippen LogP contribution in [0.25, 0.3) is 332 Å². The van der Waals surface area contributed by atoms with Crippen molar-refractivity contribution in [1.82, 2.24) is 0 Å². The zero-order valence-corrected chi connectivity index (χ0v) is 77.4. The predicted molar refractivity (Wildman–Crippen MR) is 586 cm³/mol. The molecule has 0 saturated carbocycles. The summed E-state index contributed by atoms with van der Waals surface area (Å²) in [6.07, 6.45) is 0. The maximum absolute atomic E-state index is 2.63. The van der Waals surface area contributed by atoms with Crippen LogP contribution in [0.15, 0.2) is 291 Å². The monoisotopic (exact) mass is 1730 g/mol. The number of thiophene rings is 3. The van der Waals surface area contributed by atoms with Crippen molar-refractivity contribution in [2.75, 3.05) is 0 Å². The van der Waals surface area contributed by atoms with Crippen LogP contribution in [0.3, 0.4) is 0 Å². The molecule has 0 aliphatic heterocycles. The first-order chi connectivity index (χ1) is 65.2. The fraction of sp³-hybridized carbons (Fsp3) is 0.0769. The topological polar surface area (TPSA) is 0 Å². The molecule has 27 aromatic carbocycles. The van der Waals surface area contributed by atoms with E-state index in [0.29, 0.717) is 0 Å². The van der Waals surface area contributed by atoms with Gasteiger partial charge in [-0.15, -0.1) is 34.0 Å². The highest BCUT2D eigenvalue weighted by molar-refractivity contribution is 7.29. The van der Waals surface area contributed by atoms with E-state index in [1.54, 1.807) is 0 Å². The van der Waals surface area contributed by atoms with Crippen LogP contribution in [0.2, 0.25) is 0 Å². The minimum absolute atomic E-state index is 1.30. The van der Waals surface area contributed by atoms with Gasteiger partial charge in [0, 0.05) is 92.8 Å². The molecule has 3 heterocycles. The van der Waals surface area contributed by atoms with E-state index in [2.05, 4.69) is 360 Å². The summed E-state index contributed by atoms with van der Waals surface area (Å²) in [6, 6.07) is 113. The summed E-state index contributed by atoms with van der Waals surface area (Å²) in [5.74, 6) is 0. The SMILES string of the molecule is Cc1cc2cc3c(C)cc4c(C)c5cc(-c6cc7c(C)c8cc(C)c9ccccc9c8c8sc9c%10c%11c(c(C)cc%10cc6c9c78)-c6cc7ccccc7c7cccc-%11c67)c6ccccc6c5c5sc(c2c2c1-c1cc6ccccc6c6cccc-2c16)c3c45.Cc1cc2cc3c(C)cc4c(C)c5cc(C)c6ccccc6c5c5sc(c2c2c1-c1cc6ccccc6c6cccc-2c16)c3c45. The fourth-order valence-electron chi connectivity index (χ4n) is 27.5. The summed E-state index contributed by atoms with van der Waals surface area (Å²) < 4.78 is 8.47. The molecular formula is C130H78S3. The fourth-order valence-corrected chi connectivity index (χ4v) is 31.9. The van der Waals surface area contributed by atoms with Crippen LogP contribution in [0, 0.1) is 69.2 Å². The Hall–Kier alpha value is -14.9. The Labute approximate surface area is 776 Å². The highest BCUT2D eigenvalue weighted by Crippen LogP contribution is 2.65. The molecule has 0 saturated heterocycles. The third-order valence-corrected chi connectivity index (χ3v) is 36.6. The van der Waals surface area contributed by atoms with Gasteiger partial charge in [0.25, 0.3) is 0 Å². The van der Waals surface area contributed by atoms with Crippen LogP contribution < -0.4 is 0 Å². The zero-order valence-electron chi connectivity index (χ0n) is 74.9. The standard InChI is InChI=1S/C86H50S2.C44H28S/c1-39-31-60-43(5)63-38-65(66-36-48-30-42(4)70-68-34-46-18-8-10-21-51(46)55-26-16-28-58(74(55)68)78(70)72(48)84-82(66)81(63)85(88-84)75(60)53-23-13-11-19-49(39)53)64-37-62-44(6)61-32-40(2)59-35-47-29-41(3)69-67-33-45-17-7-9-20-50(45)54-25-15-27-57(73(54)67)77(69)71(47)83-79(59)80(61)86(87-83)76(62)56-24-14-12-22-52(56)64;1-21-17-33-24(4)34-18-22(2)32-20-26-16-23(3)36-35-19-25-10-5-6-12-28(25)30-14-9-15-31(38(30)35)40(36)37(26)43-41(32)42(34)44(45-43)39(33)29-13-8-7-11-27(21)29/h7-38H,1-6H3;5-20H,1-4H3. The van der Waals surface area contributed by atoms with Crippen molar-refractivity contribution in [2.24, 2.45) is 0 Å². The highest BCUT2D eigenvalue weighted by Gasteiger charge is 2.37. The average molecular weight is 1740 g/mol. The van der Waals surface area contributed by atoms with E-state index in [1.807, 2.05) is 34.0 Å². The van der Waals surface area contributed by atoms with Crippen molar-refractivity contribution < 1.29 is 0 Å². The molecule has 133 heavy (non-hydrogen) atoms. The maximum atomic E-state index is 2.63. The van der Waals surface area contributed by atoms with Crippen molar-refractivity contribution >= 4 is 288 Å². The first-order valence-electron chi connectivity index (χ1n) is 47.1. The molecular weight excluding hydrogens is 1660 g/mol. The number of benzene rings is 27. The number of fused-ring (bicyclic) bond motifs is 36. The van der Waals surface area contributed by atoms with E-state index in [9.17, 15) is 0 Å². The van der Waals surface area contributed by atoms with Crippen molar-refractivity contribution in [3.05, 3.63) is 347 Å². The van der Waals surface area contributed by atoms with E-state index in [4.69, 9.17) is 0 Å². The number of hydrogen-bond donors (Lipinski definition) is 0. The Morgan fingerprint density at radius 1 is 0.128 bits per heavy atom. The predicted octanol–water partition coefficient (Wildman–Crippen LogP) is 39.2. The normalized spacial score (nSPS) is 13.0. The Morgan fingerprint density at radius 3 is 0.744 bits per heavy atom. The number of rotatable bonds is 1. The molecule has 0 bridgehead atoms. The van der Waals surface area contributed by atoms with Gasteiger partial charge in [-0.05, 0) is 413 Å². The summed E-state index contributed by atoms with van der Waals surface area (Å²) >= 11 is 6.13. The molecule has 30 aromatic rings. The van der Waals surface area contributed by atoms with Crippen LogP contribution in [0.1, 0.15) is 55.6 Å². The quantitative estimate of drug-likeness (QED) is 0.114. The highest BCUT2D eigenvalue weighted by atomic mass is 32.1. The van der Waals surface area contributed by atoms with Crippen molar-refractivity contribution in [3.8, 4) is 77.9 Å². The van der Waals surface area contributed by atoms with Gasteiger partial charge in [-0.3, -0.25) is 0 Å². The first-order valence-corrected chi connectivity index (χ1v) is 49.5. The van der Waals surface area contributed by atoms with Gasteiger partial charge < -0.3 is 0 Å². The Bertz CT molecular complexity index is 11000. The van der Waals surface area contributed by atoms with Crippen LogP contribution in [0.4, 0.5) is 0 Å². The van der Waals surface area contributed by atoms with Crippen LogP contribution in [-0.2, 0) is 0 Å². The largest absolute Gasteiger partial charge is 0.134 e. The average Bonchev–Trinajstić information content (AvgIpc) is 1.53. The summed E-state index contributed by atoms with van der Waals surface area (Å²) in [6.45, 7) is 23.4. The van der Waals surface area contributed by atoms with Crippen molar-refractivity contribution in [1.29, 1.82) is 0 Å². The van der Waals surface area contributed by atoms with Crippen molar-refractivity contribution in [3.63, 3.8) is 0 Å². The van der Waals surface area contributed by atoms with Gasteiger partial charge in [-0.1, -0.05) is 243 Å². The molecule has 0 atom stereocenters. The molecule has 3 heteroatoms. The van der Waals surface area contributed by atoms with Gasteiger partial charge in [-0.2, -0.15) is 0 Å². The Morgan fingerprint density at radius 2 is 0.376 bits per heavy atom. The number of aryl methyl sites for hydroxylation is 10. The van der Waals surface area contributed by atoms with Crippen LogP contribution >= 0.6 is 34.0 Å². The summed E-state index contributed by atoms with van der Waals surface area (Å²) in [7, 11) is 0. The lowest BCUT2D eigenvalue weighted by atomic mass is 9.82. The third-order valence-electron chi connectivity index (χ3n) is 32.9. The molecule has 3 aliphatic carbocycles. The molecule has 0 unspecified atom stereocenters. The molecule has 0 N–H and O–H groups in total. The summed E-state index contributed by atoms with van der Waals surface area (Å²) in [4.78, 5) is 0. The molecule has 0 spiro atoms. The van der Waals surface area contributed by atoms with Crippen molar-refractivity contribution in [2.45, 2.75) is 69.2 Å². The lowest BCUT2D eigenvalue weighted by Gasteiger charge is -2.20.